The zero-order valence-corrected chi connectivity index (χ0v) is 11.6. The molecule has 1 atom stereocenters. The van der Waals surface area contributed by atoms with E-state index < -0.39 is 0 Å². The molecule has 19 heavy (non-hydrogen) atoms. The number of carbonyl (C=O) groups is 1. The molecule has 0 aliphatic carbocycles. The number of nitrogens with one attached hydrogen (secondary N) is 1. The van der Waals surface area contributed by atoms with Crippen LogP contribution in [0.1, 0.15) is 25.6 Å². The van der Waals surface area contributed by atoms with Gasteiger partial charge >= 0.3 is 0 Å². The van der Waals surface area contributed by atoms with Crippen molar-refractivity contribution < 1.29 is 4.79 Å². The molecule has 0 bridgehead atoms. The first-order chi connectivity index (χ1) is 9.10. The summed E-state index contributed by atoms with van der Waals surface area (Å²) >= 11 is 5.74. The highest BCUT2D eigenvalue weighted by atomic mass is 35.5. The van der Waals surface area contributed by atoms with Crippen LogP contribution in [-0.2, 0) is 17.9 Å². The molecule has 0 aliphatic rings. The van der Waals surface area contributed by atoms with Crippen LogP contribution >= 0.6 is 11.6 Å². The van der Waals surface area contributed by atoms with Gasteiger partial charge in [0.15, 0.2) is 0 Å². The summed E-state index contributed by atoms with van der Waals surface area (Å²) in [5, 5.41) is 11.6. The quantitative estimate of drug-likeness (QED) is 0.906. The Balaban J connectivity index is 1.95. The number of hydrogen-bond acceptors (Lipinski definition) is 3. The summed E-state index contributed by atoms with van der Waals surface area (Å²) in [6, 6.07) is 1.81. The molecule has 2 rings (SSSR count). The number of aromatic nitrogens is 4. The topological polar surface area (TPSA) is 64.7 Å². The summed E-state index contributed by atoms with van der Waals surface area (Å²) in [5.74, 6) is -0.115. The third kappa shape index (κ3) is 3.35. The van der Waals surface area contributed by atoms with E-state index in [2.05, 4.69) is 15.5 Å². The fraction of sp³-hybridized carbons (Fsp3) is 0.417. The van der Waals surface area contributed by atoms with Crippen LogP contribution in [0.4, 0.5) is 0 Å². The first-order valence-electron chi connectivity index (χ1n) is 6.09. The molecule has 1 N–H and O–H groups in total. The molecular formula is C12H16ClN5O. The third-order valence-corrected chi connectivity index (χ3v) is 2.97. The molecule has 0 aliphatic heterocycles. The lowest BCUT2D eigenvalue weighted by Gasteiger charge is -2.15. The van der Waals surface area contributed by atoms with Crippen molar-refractivity contribution in [3.63, 3.8) is 0 Å². The van der Waals surface area contributed by atoms with Crippen molar-refractivity contribution >= 4 is 17.5 Å². The lowest BCUT2D eigenvalue weighted by Crippen LogP contribution is -2.31. The molecule has 102 valence electrons. The summed E-state index contributed by atoms with van der Waals surface area (Å²) in [6.07, 6.45) is 4.85. The van der Waals surface area contributed by atoms with Gasteiger partial charge in [-0.05, 0) is 19.9 Å². The van der Waals surface area contributed by atoms with Crippen LogP contribution in [0.25, 0.3) is 0 Å². The number of rotatable bonds is 5. The first kappa shape index (κ1) is 13.6. The molecule has 1 unspecified atom stereocenters. The highest BCUT2D eigenvalue weighted by molar-refractivity contribution is 6.30. The van der Waals surface area contributed by atoms with E-state index in [0.29, 0.717) is 5.02 Å². The summed E-state index contributed by atoms with van der Waals surface area (Å²) < 4.78 is 3.36. The Morgan fingerprint density at radius 2 is 2.32 bits per heavy atom. The average molecular weight is 282 g/mol. The molecule has 2 aromatic heterocycles. The zero-order valence-electron chi connectivity index (χ0n) is 10.9. The van der Waals surface area contributed by atoms with E-state index in [9.17, 15) is 4.79 Å². The van der Waals surface area contributed by atoms with Crippen LogP contribution in [-0.4, -0.2) is 25.5 Å². The Bertz CT molecular complexity index is 562. The van der Waals surface area contributed by atoms with Crippen molar-refractivity contribution in [3.05, 3.63) is 35.4 Å². The van der Waals surface area contributed by atoms with Gasteiger partial charge in [0.2, 0.25) is 5.91 Å². The van der Waals surface area contributed by atoms with E-state index in [1.807, 2.05) is 24.6 Å². The molecule has 0 saturated heterocycles. The largest absolute Gasteiger partial charge is 0.346 e. The normalized spacial score (nSPS) is 12.4. The summed E-state index contributed by atoms with van der Waals surface area (Å²) in [6.45, 7) is 4.86. The summed E-state index contributed by atoms with van der Waals surface area (Å²) in [4.78, 5) is 11.9. The van der Waals surface area contributed by atoms with Gasteiger partial charge in [-0.2, -0.15) is 10.2 Å². The Kier molecular flexibility index (Phi) is 4.21. The van der Waals surface area contributed by atoms with E-state index in [1.54, 1.807) is 12.4 Å². The molecule has 0 spiro atoms. The smallest absolute Gasteiger partial charge is 0.242 e. The van der Waals surface area contributed by atoms with E-state index in [1.165, 1.54) is 10.9 Å². The fourth-order valence-corrected chi connectivity index (χ4v) is 2.06. The van der Waals surface area contributed by atoms with E-state index in [-0.39, 0.29) is 18.5 Å². The van der Waals surface area contributed by atoms with Crippen molar-refractivity contribution in [2.24, 2.45) is 0 Å². The third-order valence-electron chi connectivity index (χ3n) is 2.78. The van der Waals surface area contributed by atoms with E-state index >= 15 is 0 Å². The standard InChI is InChI=1S/C12H16ClN5O/c1-3-18-11(4-5-14-18)9(2)16-12(19)8-17-7-10(13)6-15-17/h4-7,9H,3,8H2,1-2H3,(H,16,19). The molecule has 0 saturated carbocycles. The van der Waals surface area contributed by atoms with Crippen molar-refractivity contribution in [2.45, 2.75) is 33.0 Å². The second-order valence-electron chi connectivity index (χ2n) is 4.22. The van der Waals surface area contributed by atoms with Crippen molar-refractivity contribution in [1.82, 2.24) is 24.9 Å². The lowest BCUT2D eigenvalue weighted by atomic mass is 10.2. The van der Waals surface area contributed by atoms with Crippen LogP contribution in [0.3, 0.4) is 0 Å². The predicted molar refractivity (Wildman–Crippen MR) is 71.7 cm³/mol. The van der Waals surface area contributed by atoms with Gasteiger partial charge in [0.05, 0.1) is 23.0 Å². The van der Waals surface area contributed by atoms with Gasteiger partial charge in [0.25, 0.3) is 0 Å². The van der Waals surface area contributed by atoms with Crippen LogP contribution in [0.15, 0.2) is 24.7 Å². The highest BCUT2D eigenvalue weighted by Gasteiger charge is 2.13. The van der Waals surface area contributed by atoms with Crippen molar-refractivity contribution in [2.75, 3.05) is 0 Å². The van der Waals surface area contributed by atoms with Crippen LogP contribution < -0.4 is 5.32 Å². The number of aryl methyl sites for hydroxylation is 1. The second-order valence-corrected chi connectivity index (χ2v) is 4.65. The van der Waals surface area contributed by atoms with Gasteiger partial charge in [-0.25, -0.2) is 0 Å². The van der Waals surface area contributed by atoms with Gasteiger partial charge in [-0.3, -0.25) is 14.2 Å². The molecule has 2 heterocycles. The van der Waals surface area contributed by atoms with Gasteiger partial charge in [0, 0.05) is 18.9 Å². The Hall–Kier alpha value is -1.82. The Morgan fingerprint density at radius 3 is 2.95 bits per heavy atom. The van der Waals surface area contributed by atoms with E-state index in [4.69, 9.17) is 11.6 Å². The predicted octanol–water partition coefficient (Wildman–Crippen LogP) is 1.63. The Morgan fingerprint density at radius 1 is 1.53 bits per heavy atom. The SMILES string of the molecule is CCn1nccc1C(C)NC(=O)Cn1cc(Cl)cn1. The summed E-state index contributed by atoms with van der Waals surface area (Å²) in [5.41, 5.74) is 0.981. The molecular weight excluding hydrogens is 266 g/mol. The molecule has 1 amide bonds. The number of halogens is 1. The lowest BCUT2D eigenvalue weighted by molar-refractivity contribution is -0.122. The minimum absolute atomic E-state index is 0.0963. The van der Waals surface area contributed by atoms with Crippen LogP contribution in [0.2, 0.25) is 5.02 Å². The maximum atomic E-state index is 11.9. The zero-order chi connectivity index (χ0) is 13.8. The molecule has 0 radical (unpaired) electrons. The number of carbonyl (C=O) groups excluding carboxylic acids is 1. The second kappa shape index (κ2) is 5.88. The van der Waals surface area contributed by atoms with Gasteiger partial charge < -0.3 is 5.32 Å². The fourth-order valence-electron chi connectivity index (χ4n) is 1.91. The molecule has 0 fully saturated rings. The maximum absolute atomic E-state index is 11.9. The van der Waals surface area contributed by atoms with Crippen molar-refractivity contribution in [1.29, 1.82) is 0 Å². The van der Waals surface area contributed by atoms with Crippen LogP contribution in [0, 0.1) is 0 Å². The number of nitrogens with zero attached hydrogens (tertiary/aromatic N) is 4. The number of amides is 1. The molecule has 2 aromatic rings. The summed E-state index contributed by atoms with van der Waals surface area (Å²) in [7, 11) is 0. The minimum atomic E-state index is -0.115. The number of hydrogen-bond donors (Lipinski definition) is 1. The molecule has 6 nitrogen and oxygen atoms in total. The van der Waals surface area contributed by atoms with Gasteiger partial charge in [0.1, 0.15) is 6.54 Å². The monoisotopic (exact) mass is 281 g/mol. The van der Waals surface area contributed by atoms with E-state index in [0.717, 1.165) is 12.2 Å². The minimum Gasteiger partial charge on any atom is -0.346 e. The van der Waals surface area contributed by atoms with Crippen LogP contribution in [0.5, 0.6) is 0 Å². The molecule has 7 heteroatoms. The Labute approximate surface area is 116 Å². The highest BCUT2D eigenvalue weighted by Crippen LogP contribution is 2.11. The maximum Gasteiger partial charge on any atom is 0.242 e. The average Bonchev–Trinajstić information content (AvgIpc) is 2.97. The van der Waals surface area contributed by atoms with Gasteiger partial charge in [-0.15, -0.1) is 0 Å². The molecule has 0 aromatic carbocycles. The van der Waals surface area contributed by atoms with Gasteiger partial charge in [-0.1, -0.05) is 11.6 Å². The first-order valence-corrected chi connectivity index (χ1v) is 6.47. The van der Waals surface area contributed by atoms with Crippen molar-refractivity contribution in [3.8, 4) is 0 Å².